The first-order valence-corrected chi connectivity index (χ1v) is 12.1. The van der Waals surface area contributed by atoms with E-state index in [-0.39, 0.29) is 31.8 Å². The van der Waals surface area contributed by atoms with Crippen molar-refractivity contribution in [2.75, 3.05) is 20.3 Å². The third-order valence-corrected chi connectivity index (χ3v) is 5.78. The number of nitrogens with zero attached hydrogens (tertiary/aromatic N) is 1. The number of unbranched alkanes of at least 4 members (excludes halogenated alkanes) is 4. The van der Waals surface area contributed by atoms with E-state index < -0.39 is 37.9 Å². The van der Waals surface area contributed by atoms with Crippen molar-refractivity contribution in [3.63, 3.8) is 0 Å². The van der Waals surface area contributed by atoms with E-state index in [1.807, 2.05) is 0 Å². The number of amides is 1. The summed E-state index contributed by atoms with van der Waals surface area (Å²) in [6.07, 6.45) is 5.64. The van der Waals surface area contributed by atoms with Crippen LogP contribution in [-0.2, 0) is 29.8 Å². The van der Waals surface area contributed by atoms with Gasteiger partial charge < -0.3 is 14.8 Å². The maximum atomic E-state index is 12.3. The molecule has 1 amide bonds. The fourth-order valence-corrected chi connectivity index (χ4v) is 3.89. The number of carbonyl (C=O) groups is 1. The predicted molar refractivity (Wildman–Crippen MR) is 117 cm³/mol. The lowest BCUT2D eigenvalue weighted by Crippen LogP contribution is -2.35. The quantitative estimate of drug-likeness (QED) is 0.271. The number of ether oxygens (including phenoxy) is 2. The highest BCUT2D eigenvalue weighted by Gasteiger charge is 2.39. The number of carbonyl (C=O) groups excluding carboxylic acids is 1. The molecule has 32 heavy (non-hydrogen) atoms. The molecule has 2 heterocycles. The zero-order valence-corrected chi connectivity index (χ0v) is 19.5. The van der Waals surface area contributed by atoms with Gasteiger partial charge in [0.2, 0.25) is 5.91 Å². The van der Waals surface area contributed by atoms with Crippen LogP contribution in [0.2, 0.25) is 0 Å². The monoisotopic (exact) mass is 474 g/mol. The fraction of sp³-hybridized carbons (Fsp3) is 0.750. The molecule has 1 aromatic heterocycles. The van der Waals surface area contributed by atoms with E-state index in [1.165, 1.54) is 30.7 Å². The summed E-state index contributed by atoms with van der Waals surface area (Å²) in [4.78, 5) is 47.7. The van der Waals surface area contributed by atoms with Crippen molar-refractivity contribution in [3.05, 3.63) is 32.6 Å². The Labute approximate surface area is 187 Å². The van der Waals surface area contributed by atoms with Crippen molar-refractivity contribution in [1.82, 2.24) is 14.9 Å². The highest BCUT2D eigenvalue weighted by molar-refractivity contribution is 7.32. The molecule has 1 fully saturated rings. The molecule has 0 saturated carbocycles. The molecule has 4 atom stereocenters. The lowest BCUT2D eigenvalue weighted by Gasteiger charge is -2.15. The van der Waals surface area contributed by atoms with E-state index in [2.05, 4.69) is 17.2 Å². The van der Waals surface area contributed by atoms with Crippen LogP contribution in [0, 0.1) is 0 Å². The Morgan fingerprint density at radius 3 is 2.78 bits per heavy atom. The number of aromatic amines is 1. The minimum Gasteiger partial charge on any atom is -0.378 e. The molecule has 1 aromatic rings. The van der Waals surface area contributed by atoms with Gasteiger partial charge in [0, 0.05) is 42.8 Å². The largest absolute Gasteiger partial charge is 0.694 e. The van der Waals surface area contributed by atoms with Crippen LogP contribution in [0.3, 0.4) is 0 Å². The summed E-state index contributed by atoms with van der Waals surface area (Å²) in [5, 5.41) is 2.85. The Hall–Kier alpha value is -1.91. The molecule has 11 nitrogen and oxygen atoms in total. The maximum absolute atomic E-state index is 12.3. The van der Waals surface area contributed by atoms with Crippen LogP contribution in [-0.4, -0.2) is 52.8 Å². The molecule has 0 radical (unpaired) electrons. The van der Waals surface area contributed by atoms with Crippen LogP contribution in [0.5, 0.6) is 0 Å². The molecular formula is C20H33N3O8P+. The molecule has 4 unspecified atom stereocenters. The van der Waals surface area contributed by atoms with E-state index in [9.17, 15) is 18.9 Å². The molecule has 0 bridgehead atoms. The predicted octanol–water partition coefficient (Wildman–Crippen LogP) is 1.52. The molecule has 1 aliphatic rings. The average Bonchev–Trinajstić information content (AvgIpc) is 3.17. The number of rotatable bonds is 14. The number of H-pyrrole nitrogens is 1. The van der Waals surface area contributed by atoms with Crippen LogP contribution in [0.15, 0.2) is 15.8 Å². The van der Waals surface area contributed by atoms with Gasteiger partial charge >= 0.3 is 13.9 Å². The molecule has 1 aliphatic heterocycles. The fourth-order valence-electron chi connectivity index (χ4n) is 3.62. The number of methoxy groups -OCH3 is 1. The molecule has 0 spiro atoms. The number of aromatic nitrogens is 2. The van der Waals surface area contributed by atoms with Gasteiger partial charge in [-0.3, -0.25) is 19.1 Å². The summed E-state index contributed by atoms with van der Waals surface area (Å²) in [5.41, 5.74) is -0.902. The van der Waals surface area contributed by atoms with Crippen LogP contribution in [0.25, 0.3) is 0 Å². The van der Waals surface area contributed by atoms with Gasteiger partial charge in [-0.05, 0) is 12.8 Å². The average molecular weight is 474 g/mol. The molecule has 3 N–H and O–H groups in total. The molecule has 180 valence electrons. The van der Waals surface area contributed by atoms with Gasteiger partial charge in [-0.25, -0.2) is 4.79 Å². The van der Waals surface area contributed by atoms with Crippen molar-refractivity contribution in [2.45, 2.75) is 76.7 Å². The topological polar surface area (TPSA) is 149 Å². The smallest absolute Gasteiger partial charge is 0.378 e. The second kappa shape index (κ2) is 13.6. The second-order valence-corrected chi connectivity index (χ2v) is 8.49. The SMILES string of the molecule is CCCCCCCNC(=O)CCc1cn(C2CC(OC)C(CO[P+](=O)O)O2)c(=O)[nH]c1=O. The Morgan fingerprint density at radius 1 is 1.34 bits per heavy atom. The number of aryl methyl sites for hydroxylation is 1. The first-order chi connectivity index (χ1) is 15.3. The highest BCUT2D eigenvalue weighted by Crippen LogP contribution is 2.31. The third kappa shape index (κ3) is 8.22. The summed E-state index contributed by atoms with van der Waals surface area (Å²) in [5.74, 6) is -0.149. The first-order valence-electron chi connectivity index (χ1n) is 10.9. The summed E-state index contributed by atoms with van der Waals surface area (Å²) in [7, 11) is -1.32. The Kier molecular flexibility index (Phi) is 11.2. The zero-order chi connectivity index (χ0) is 23.5. The first kappa shape index (κ1) is 26.3. The lowest BCUT2D eigenvalue weighted by atomic mass is 10.1. The molecule has 2 rings (SSSR count). The van der Waals surface area contributed by atoms with Gasteiger partial charge in [-0.2, -0.15) is 0 Å². The summed E-state index contributed by atoms with van der Waals surface area (Å²) in [6.45, 7) is 2.58. The van der Waals surface area contributed by atoms with Crippen LogP contribution in [0.1, 0.15) is 63.7 Å². The minimum absolute atomic E-state index is 0.127. The Morgan fingerprint density at radius 2 is 2.09 bits per heavy atom. The number of hydrogen-bond acceptors (Lipinski definition) is 7. The molecule has 0 aliphatic carbocycles. The zero-order valence-electron chi connectivity index (χ0n) is 18.6. The third-order valence-electron chi connectivity index (χ3n) is 5.41. The van der Waals surface area contributed by atoms with Gasteiger partial charge in [0.15, 0.2) is 0 Å². The molecule has 12 heteroatoms. The van der Waals surface area contributed by atoms with E-state index in [0.29, 0.717) is 12.1 Å². The summed E-state index contributed by atoms with van der Waals surface area (Å²) < 4.78 is 27.8. The van der Waals surface area contributed by atoms with Crippen LogP contribution >= 0.6 is 8.25 Å². The van der Waals surface area contributed by atoms with Crippen LogP contribution < -0.4 is 16.6 Å². The van der Waals surface area contributed by atoms with Crippen LogP contribution in [0.4, 0.5) is 0 Å². The van der Waals surface area contributed by atoms with Crippen molar-refractivity contribution >= 4 is 14.2 Å². The molecular weight excluding hydrogens is 441 g/mol. The standard InChI is InChI=1S/C20H32N3O8P/c1-3-4-5-6-7-10-21-17(24)9-8-14-12-23(20(26)22-19(14)25)18-11-15(29-2)16(31-18)13-30-32(27)28/h12,15-16,18H,3-11,13H2,1-2H3,(H2-,21,22,24,25,26,27,28)/p+1. The maximum Gasteiger partial charge on any atom is 0.694 e. The van der Waals surface area contributed by atoms with Gasteiger partial charge in [0.05, 0.1) is 6.10 Å². The highest BCUT2D eigenvalue weighted by atomic mass is 31.1. The van der Waals surface area contributed by atoms with Crippen molar-refractivity contribution in [1.29, 1.82) is 0 Å². The number of nitrogens with one attached hydrogen (secondary N) is 2. The minimum atomic E-state index is -2.78. The second-order valence-electron chi connectivity index (χ2n) is 7.76. The van der Waals surface area contributed by atoms with E-state index in [4.69, 9.17) is 18.9 Å². The van der Waals surface area contributed by atoms with Crippen molar-refractivity contribution < 1.29 is 28.3 Å². The van der Waals surface area contributed by atoms with E-state index in [0.717, 1.165) is 19.3 Å². The Balaban J connectivity index is 1.95. The van der Waals surface area contributed by atoms with E-state index in [1.54, 1.807) is 0 Å². The van der Waals surface area contributed by atoms with Crippen molar-refractivity contribution in [3.8, 4) is 0 Å². The van der Waals surface area contributed by atoms with Crippen molar-refractivity contribution in [2.24, 2.45) is 0 Å². The molecule has 1 saturated heterocycles. The van der Waals surface area contributed by atoms with E-state index >= 15 is 0 Å². The van der Waals surface area contributed by atoms with Gasteiger partial charge in [-0.15, -0.1) is 9.42 Å². The molecule has 0 aromatic carbocycles. The lowest BCUT2D eigenvalue weighted by molar-refractivity contribution is -0.121. The summed E-state index contributed by atoms with van der Waals surface area (Å²) in [6, 6.07) is 0. The van der Waals surface area contributed by atoms with Gasteiger partial charge in [0.25, 0.3) is 5.56 Å². The number of hydrogen-bond donors (Lipinski definition) is 3. The normalized spacial score (nSPS) is 21.0. The Bertz CT molecular complexity index is 871. The van der Waals surface area contributed by atoms with Gasteiger partial charge in [0.1, 0.15) is 18.9 Å². The van der Waals surface area contributed by atoms with Gasteiger partial charge in [-0.1, -0.05) is 32.6 Å². The summed E-state index contributed by atoms with van der Waals surface area (Å²) >= 11 is 0.